The number of benzene rings is 7. The standard InChI is InChI=1S/C47H29N5/c48-30-40-45(31-15-5-1-6-16-31)49-47(32-17-7-2-8-18-32)50-46(40)33-25-26-37-39-29-43-38(28-44(39)52(42(37)27-33)35-21-11-4-12-22-35)36-23-13-14-24-41(36)51(43)34-19-9-3-10-20-34/h1-29H. The van der Waals surface area contributed by atoms with Gasteiger partial charge in [0.25, 0.3) is 0 Å². The Balaban J connectivity index is 1.29. The lowest BCUT2D eigenvalue weighted by atomic mass is 9.99. The van der Waals surface area contributed by atoms with E-state index in [0.29, 0.717) is 22.8 Å². The Kier molecular flexibility index (Phi) is 6.80. The van der Waals surface area contributed by atoms with Crippen LogP contribution in [-0.2, 0) is 0 Å². The lowest BCUT2D eigenvalue weighted by Crippen LogP contribution is -2.01. The van der Waals surface area contributed by atoms with Gasteiger partial charge in [0, 0.05) is 49.6 Å². The molecule has 0 saturated carbocycles. The van der Waals surface area contributed by atoms with Gasteiger partial charge in [0.15, 0.2) is 5.82 Å². The first-order valence-corrected chi connectivity index (χ1v) is 17.3. The number of fused-ring (bicyclic) bond motifs is 6. The first kappa shape index (κ1) is 29.6. The van der Waals surface area contributed by atoms with E-state index in [2.05, 4.69) is 124 Å². The van der Waals surface area contributed by atoms with Crippen molar-refractivity contribution in [1.82, 2.24) is 19.1 Å². The van der Waals surface area contributed by atoms with Gasteiger partial charge >= 0.3 is 0 Å². The summed E-state index contributed by atoms with van der Waals surface area (Å²) < 4.78 is 4.70. The zero-order chi connectivity index (χ0) is 34.6. The van der Waals surface area contributed by atoms with E-state index in [1.165, 1.54) is 16.3 Å². The lowest BCUT2D eigenvalue weighted by molar-refractivity contribution is 1.16. The van der Waals surface area contributed by atoms with Crippen molar-refractivity contribution in [3.8, 4) is 51.3 Å². The van der Waals surface area contributed by atoms with Gasteiger partial charge < -0.3 is 9.13 Å². The fourth-order valence-electron chi connectivity index (χ4n) is 7.63. The first-order valence-electron chi connectivity index (χ1n) is 17.3. The quantitative estimate of drug-likeness (QED) is 0.184. The molecule has 242 valence electrons. The van der Waals surface area contributed by atoms with E-state index in [1.807, 2.05) is 66.7 Å². The fraction of sp³-hybridized carbons (Fsp3) is 0. The molecule has 7 aromatic carbocycles. The molecule has 0 radical (unpaired) electrons. The maximum atomic E-state index is 10.7. The highest BCUT2D eigenvalue weighted by Crippen LogP contribution is 2.41. The zero-order valence-corrected chi connectivity index (χ0v) is 28.0. The van der Waals surface area contributed by atoms with Crippen LogP contribution in [0, 0.1) is 11.3 Å². The third kappa shape index (κ3) is 4.63. The molecule has 0 aliphatic rings. The Morgan fingerprint density at radius 1 is 0.385 bits per heavy atom. The first-order chi connectivity index (χ1) is 25.8. The topological polar surface area (TPSA) is 59.4 Å². The molecule has 0 aliphatic heterocycles. The fourth-order valence-corrected chi connectivity index (χ4v) is 7.63. The van der Waals surface area contributed by atoms with Crippen molar-refractivity contribution in [3.63, 3.8) is 0 Å². The van der Waals surface area contributed by atoms with Crippen LogP contribution in [-0.4, -0.2) is 19.1 Å². The molecule has 0 saturated heterocycles. The molecular weight excluding hydrogens is 635 g/mol. The number of hydrogen-bond acceptors (Lipinski definition) is 3. The second-order valence-corrected chi connectivity index (χ2v) is 12.9. The molecule has 3 aromatic heterocycles. The Labute approximate surface area is 299 Å². The van der Waals surface area contributed by atoms with E-state index in [9.17, 15) is 5.26 Å². The summed E-state index contributed by atoms with van der Waals surface area (Å²) in [5.41, 5.74) is 10.9. The van der Waals surface area contributed by atoms with Gasteiger partial charge in [-0.05, 0) is 48.5 Å². The molecular formula is C47H29N5. The van der Waals surface area contributed by atoms with Crippen molar-refractivity contribution < 1.29 is 0 Å². The number of para-hydroxylation sites is 3. The highest BCUT2D eigenvalue weighted by atomic mass is 15.0. The molecule has 0 N–H and O–H groups in total. The predicted octanol–water partition coefficient (Wildman–Crippen LogP) is 11.5. The van der Waals surface area contributed by atoms with Crippen molar-refractivity contribution in [2.24, 2.45) is 0 Å². The minimum atomic E-state index is 0.446. The molecule has 0 fully saturated rings. The number of nitrogens with zero attached hydrogens (tertiary/aromatic N) is 5. The molecule has 0 spiro atoms. The van der Waals surface area contributed by atoms with Crippen LogP contribution in [0.25, 0.3) is 88.9 Å². The van der Waals surface area contributed by atoms with Gasteiger partial charge in [-0.15, -0.1) is 0 Å². The molecule has 0 amide bonds. The van der Waals surface area contributed by atoms with E-state index in [-0.39, 0.29) is 0 Å². The highest BCUT2D eigenvalue weighted by molar-refractivity contribution is 6.19. The maximum absolute atomic E-state index is 10.7. The van der Waals surface area contributed by atoms with E-state index in [1.54, 1.807) is 0 Å². The van der Waals surface area contributed by atoms with Gasteiger partial charge in [-0.25, -0.2) is 9.97 Å². The van der Waals surface area contributed by atoms with Crippen LogP contribution < -0.4 is 0 Å². The largest absolute Gasteiger partial charge is 0.309 e. The summed E-state index contributed by atoms with van der Waals surface area (Å²) in [5.74, 6) is 0.577. The highest BCUT2D eigenvalue weighted by Gasteiger charge is 2.22. The van der Waals surface area contributed by atoms with Crippen molar-refractivity contribution in [2.45, 2.75) is 0 Å². The molecule has 52 heavy (non-hydrogen) atoms. The van der Waals surface area contributed by atoms with Gasteiger partial charge in [0.2, 0.25) is 0 Å². The Bertz CT molecular complexity index is 2990. The van der Waals surface area contributed by atoms with Gasteiger partial charge in [0.05, 0.1) is 33.5 Å². The normalized spacial score (nSPS) is 11.4. The van der Waals surface area contributed by atoms with E-state index in [0.717, 1.165) is 55.4 Å². The van der Waals surface area contributed by atoms with Crippen molar-refractivity contribution >= 4 is 43.6 Å². The second-order valence-electron chi connectivity index (χ2n) is 12.9. The third-order valence-corrected chi connectivity index (χ3v) is 9.96. The summed E-state index contributed by atoms with van der Waals surface area (Å²) in [5, 5.41) is 15.4. The van der Waals surface area contributed by atoms with E-state index < -0.39 is 0 Å². The summed E-state index contributed by atoms with van der Waals surface area (Å²) >= 11 is 0. The molecule has 10 rings (SSSR count). The van der Waals surface area contributed by atoms with Crippen LogP contribution in [0.5, 0.6) is 0 Å². The lowest BCUT2D eigenvalue weighted by Gasteiger charge is -2.13. The second kappa shape index (κ2) is 11.9. The monoisotopic (exact) mass is 663 g/mol. The van der Waals surface area contributed by atoms with Gasteiger partial charge in [-0.1, -0.05) is 127 Å². The number of aromatic nitrogens is 4. The average molecular weight is 664 g/mol. The number of nitriles is 1. The van der Waals surface area contributed by atoms with Crippen LogP contribution in [0.2, 0.25) is 0 Å². The van der Waals surface area contributed by atoms with Crippen molar-refractivity contribution in [1.29, 1.82) is 5.26 Å². The summed E-state index contributed by atoms with van der Waals surface area (Å²) in [6, 6.07) is 63.2. The molecule has 3 heterocycles. The van der Waals surface area contributed by atoms with Crippen LogP contribution in [0.3, 0.4) is 0 Å². The van der Waals surface area contributed by atoms with Gasteiger partial charge in [-0.2, -0.15) is 5.26 Å². The van der Waals surface area contributed by atoms with E-state index in [4.69, 9.17) is 9.97 Å². The van der Waals surface area contributed by atoms with Crippen LogP contribution >= 0.6 is 0 Å². The zero-order valence-electron chi connectivity index (χ0n) is 28.0. The SMILES string of the molecule is N#Cc1c(-c2ccccc2)nc(-c2ccccc2)nc1-c1ccc2c3cc4c(cc3n(-c3ccccc3)c2c1)c1ccccc1n4-c1ccccc1. The van der Waals surface area contributed by atoms with Crippen molar-refractivity contribution in [3.05, 3.63) is 181 Å². The maximum Gasteiger partial charge on any atom is 0.160 e. The predicted molar refractivity (Wildman–Crippen MR) is 212 cm³/mol. The molecule has 0 aliphatic carbocycles. The number of hydrogen-bond donors (Lipinski definition) is 0. The minimum Gasteiger partial charge on any atom is -0.309 e. The Morgan fingerprint density at radius 3 is 1.44 bits per heavy atom. The summed E-state index contributed by atoms with van der Waals surface area (Å²) in [4.78, 5) is 10.1. The summed E-state index contributed by atoms with van der Waals surface area (Å²) in [6.07, 6.45) is 0. The van der Waals surface area contributed by atoms with Crippen LogP contribution in [0.4, 0.5) is 0 Å². The molecule has 5 nitrogen and oxygen atoms in total. The molecule has 0 atom stereocenters. The van der Waals surface area contributed by atoms with E-state index >= 15 is 0 Å². The van der Waals surface area contributed by atoms with Crippen molar-refractivity contribution in [2.75, 3.05) is 0 Å². The third-order valence-electron chi connectivity index (χ3n) is 9.96. The van der Waals surface area contributed by atoms with Gasteiger partial charge in [-0.3, -0.25) is 0 Å². The Hall–Kier alpha value is -7.29. The van der Waals surface area contributed by atoms with Crippen LogP contribution in [0.15, 0.2) is 176 Å². The molecule has 0 unspecified atom stereocenters. The molecule has 0 bridgehead atoms. The minimum absolute atomic E-state index is 0.446. The molecule has 10 aromatic rings. The smallest absolute Gasteiger partial charge is 0.160 e. The summed E-state index contributed by atoms with van der Waals surface area (Å²) in [7, 11) is 0. The van der Waals surface area contributed by atoms with Crippen LogP contribution in [0.1, 0.15) is 5.56 Å². The molecule has 5 heteroatoms. The Morgan fingerprint density at radius 2 is 0.846 bits per heavy atom. The summed E-state index contributed by atoms with van der Waals surface area (Å²) in [6.45, 7) is 0. The van der Waals surface area contributed by atoms with Gasteiger partial charge in [0.1, 0.15) is 11.6 Å². The average Bonchev–Trinajstić information content (AvgIpc) is 3.72. The number of rotatable bonds is 5.